The highest BCUT2D eigenvalue weighted by molar-refractivity contribution is 6.29. The Morgan fingerprint density at radius 1 is 1.11 bits per heavy atom. The highest BCUT2D eigenvalue weighted by Crippen LogP contribution is 2.50. The maximum absolute atomic E-state index is 13.3. The van der Waals surface area contributed by atoms with Crippen LogP contribution in [0.15, 0.2) is 47.3 Å². The molecule has 0 unspecified atom stereocenters. The molecule has 8 nitrogen and oxygen atoms in total. The molecule has 4 N–H and O–H groups in total. The fraction of sp³-hybridized carbons (Fsp3) is 0.333. The van der Waals surface area contributed by atoms with Gasteiger partial charge in [-0.1, -0.05) is 41.9 Å². The Bertz CT molecular complexity index is 1600. The summed E-state index contributed by atoms with van der Waals surface area (Å²) in [6, 6.07) is 12.3. The second-order valence-corrected chi connectivity index (χ2v) is 10.6. The molecule has 1 fully saturated rings. The summed E-state index contributed by atoms with van der Waals surface area (Å²) in [7, 11) is 0. The van der Waals surface area contributed by atoms with Gasteiger partial charge in [0.2, 0.25) is 5.95 Å². The molecule has 2 aliphatic carbocycles. The van der Waals surface area contributed by atoms with E-state index in [4.69, 9.17) is 22.3 Å². The van der Waals surface area contributed by atoms with Gasteiger partial charge in [-0.15, -0.1) is 0 Å². The Balaban J connectivity index is 1.18. The molecule has 0 radical (unpaired) electrons. The minimum absolute atomic E-state index is 0.0523. The molecule has 1 atom stereocenters. The van der Waals surface area contributed by atoms with Crippen molar-refractivity contribution in [2.45, 2.75) is 38.1 Å². The number of piperidine rings is 1. The molecule has 1 aliphatic heterocycles. The number of aromatic nitrogens is 5. The fourth-order valence-electron chi connectivity index (χ4n) is 6.34. The summed E-state index contributed by atoms with van der Waals surface area (Å²) in [6.07, 6.45) is 6.66. The molecule has 9 heteroatoms. The van der Waals surface area contributed by atoms with Gasteiger partial charge in [0.25, 0.3) is 5.56 Å². The third kappa shape index (κ3) is 3.24. The molecule has 4 heterocycles. The van der Waals surface area contributed by atoms with Crippen molar-refractivity contribution in [3.05, 3.63) is 86.1 Å². The summed E-state index contributed by atoms with van der Waals surface area (Å²) in [5.41, 5.74) is 13.1. The first-order valence-corrected chi connectivity index (χ1v) is 12.8. The van der Waals surface area contributed by atoms with E-state index in [1.807, 2.05) is 6.07 Å². The highest BCUT2D eigenvalue weighted by atomic mass is 35.5. The first-order valence-electron chi connectivity index (χ1n) is 12.5. The van der Waals surface area contributed by atoms with Gasteiger partial charge in [0.1, 0.15) is 16.2 Å². The number of anilines is 1. The lowest BCUT2D eigenvalue weighted by molar-refractivity contribution is 0.187. The van der Waals surface area contributed by atoms with Gasteiger partial charge in [0.05, 0.1) is 5.69 Å². The number of nitrogens with two attached hydrogens (primary N) is 1. The van der Waals surface area contributed by atoms with Crippen molar-refractivity contribution in [2.24, 2.45) is 11.1 Å². The molecule has 0 bridgehead atoms. The monoisotopic (exact) mass is 499 g/mol. The van der Waals surface area contributed by atoms with Crippen LogP contribution < -0.4 is 16.2 Å². The zero-order valence-electron chi connectivity index (χ0n) is 19.7. The molecular formula is C27H26ClN7O. The molecule has 0 saturated carbocycles. The van der Waals surface area contributed by atoms with Crippen molar-refractivity contribution in [3.63, 3.8) is 0 Å². The van der Waals surface area contributed by atoms with Crippen LogP contribution in [0.5, 0.6) is 0 Å². The fourth-order valence-corrected chi connectivity index (χ4v) is 6.50. The van der Waals surface area contributed by atoms with Crippen LogP contribution in [0.4, 0.5) is 5.95 Å². The van der Waals surface area contributed by atoms with Crippen molar-refractivity contribution in [1.29, 1.82) is 0 Å². The summed E-state index contributed by atoms with van der Waals surface area (Å²) >= 11 is 6.10. The number of aryl methyl sites for hydroxylation is 1. The summed E-state index contributed by atoms with van der Waals surface area (Å²) in [4.78, 5) is 27.7. The smallest absolute Gasteiger partial charge is 0.264 e. The quantitative estimate of drug-likeness (QED) is 0.360. The summed E-state index contributed by atoms with van der Waals surface area (Å²) < 4.78 is 0. The van der Waals surface area contributed by atoms with E-state index in [2.05, 4.69) is 55.4 Å². The molecule has 0 amide bonds. The van der Waals surface area contributed by atoms with E-state index in [0.717, 1.165) is 62.0 Å². The van der Waals surface area contributed by atoms with Gasteiger partial charge < -0.3 is 10.6 Å². The number of rotatable bonds is 2. The van der Waals surface area contributed by atoms with Gasteiger partial charge in [-0.3, -0.25) is 14.9 Å². The lowest BCUT2D eigenvalue weighted by atomic mass is 9.73. The average Bonchev–Trinajstić information content (AvgIpc) is 3.44. The Labute approximate surface area is 212 Å². The van der Waals surface area contributed by atoms with E-state index >= 15 is 0 Å². The number of H-pyrrole nitrogens is 2. The van der Waals surface area contributed by atoms with Crippen LogP contribution in [-0.4, -0.2) is 38.2 Å². The molecule has 3 aromatic heterocycles. The maximum atomic E-state index is 13.3. The Morgan fingerprint density at radius 2 is 1.94 bits per heavy atom. The van der Waals surface area contributed by atoms with Gasteiger partial charge in [0, 0.05) is 30.3 Å². The molecule has 36 heavy (non-hydrogen) atoms. The van der Waals surface area contributed by atoms with Crippen molar-refractivity contribution in [2.75, 3.05) is 18.0 Å². The molecule has 1 aromatic carbocycles. The number of hydrogen-bond donors (Lipinski definition) is 3. The lowest BCUT2D eigenvalue weighted by Crippen LogP contribution is -2.45. The van der Waals surface area contributed by atoms with E-state index in [9.17, 15) is 4.79 Å². The van der Waals surface area contributed by atoms with Crippen LogP contribution in [0, 0.1) is 5.41 Å². The van der Waals surface area contributed by atoms with Gasteiger partial charge >= 0.3 is 0 Å². The van der Waals surface area contributed by atoms with Gasteiger partial charge in [-0.25, -0.2) is 4.98 Å². The summed E-state index contributed by atoms with van der Waals surface area (Å²) in [5, 5.41) is 8.44. The largest absolute Gasteiger partial charge is 0.342 e. The number of pyridine rings is 1. The lowest BCUT2D eigenvalue weighted by Gasteiger charge is -2.42. The van der Waals surface area contributed by atoms with Gasteiger partial charge in [-0.05, 0) is 60.8 Å². The predicted octanol–water partition coefficient (Wildman–Crippen LogP) is 3.92. The van der Waals surface area contributed by atoms with E-state index < -0.39 is 0 Å². The molecule has 3 aliphatic rings. The first kappa shape index (κ1) is 21.8. The van der Waals surface area contributed by atoms with Crippen LogP contribution in [0.1, 0.15) is 53.4 Å². The van der Waals surface area contributed by atoms with E-state index in [0.29, 0.717) is 27.8 Å². The van der Waals surface area contributed by atoms with E-state index in [1.54, 1.807) is 6.07 Å². The predicted molar refractivity (Wildman–Crippen MR) is 140 cm³/mol. The van der Waals surface area contributed by atoms with Crippen LogP contribution in [0.2, 0.25) is 5.15 Å². The highest BCUT2D eigenvalue weighted by Gasteiger charge is 2.46. The number of halogens is 1. The molecule has 182 valence electrons. The van der Waals surface area contributed by atoms with Crippen molar-refractivity contribution >= 4 is 34.2 Å². The Morgan fingerprint density at radius 3 is 2.78 bits per heavy atom. The zero-order valence-corrected chi connectivity index (χ0v) is 20.5. The van der Waals surface area contributed by atoms with Crippen LogP contribution in [0.3, 0.4) is 0 Å². The summed E-state index contributed by atoms with van der Waals surface area (Å²) in [6.45, 7) is 1.59. The second kappa shape index (κ2) is 8.01. The van der Waals surface area contributed by atoms with Gasteiger partial charge in [0.15, 0.2) is 5.65 Å². The zero-order chi connectivity index (χ0) is 24.4. The number of hydrogen-bond acceptors (Lipinski definition) is 6. The molecule has 1 saturated heterocycles. The topological polar surface area (TPSA) is 117 Å². The Hall–Kier alpha value is -3.49. The SMILES string of the molecule is N[C@@H]1c2ccccc2CC12CCN(c1nc3[nH]nc(C4=CCCc5nc(Cl)ccc54)c3c(=O)[nH]1)CC2. The number of allylic oxidation sites excluding steroid dienone is 1. The molecule has 1 spiro atoms. The molecule has 4 aromatic rings. The molecular weight excluding hydrogens is 474 g/mol. The number of nitrogens with one attached hydrogen (secondary N) is 2. The minimum Gasteiger partial charge on any atom is -0.342 e. The maximum Gasteiger partial charge on any atom is 0.264 e. The summed E-state index contributed by atoms with van der Waals surface area (Å²) in [5.74, 6) is 0.577. The van der Waals surface area contributed by atoms with Crippen LogP contribution >= 0.6 is 11.6 Å². The van der Waals surface area contributed by atoms with Crippen molar-refractivity contribution < 1.29 is 0 Å². The van der Waals surface area contributed by atoms with Crippen LogP contribution in [-0.2, 0) is 12.8 Å². The van der Waals surface area contributed by atoms with E-state index in [1.165, 1.54) is 11.1 Å². The third-order valence-corrected chi connectivity index (χ3v) is 8.49. The van der Waals surface area contributed by atoms with E-state index in [-0.39, 0.29) is 17.0 Å². The number of benzene rings is 1. The minimum atomic E-state index is -0.195. The second-order valence-electron chi connectivity index (χ2n) is 10.2. The normalized spacial score (nSPS) is 20.4. The number of nitrogens with zero attached hydrogens (tertiary/aromatic N) is 4. The molecule has 7 rings (SSSR count). The Kier molecular flexibility index (Phi) is 4.84. The first-order chi connectivity index (χ1) is 17.5. The number of fused-ring (bicyclic) bond motifs is 3. The van der Waals surface area contributed by atoms with Crippen LogP contribution in [0.25, 0.3) is 16.6 Å². The average molecular weight is 500 g/mol. The van der Waals surface area contributed by atoms with Crippen molar-refractivity contribution in [1.82, 2.24) is 25.1 Å². The third-order valence-electron chi connectivity index (χ3n) is 8.28. The number of aromatic amines is 2. The standard InChI is InChI=1S/C27H26ClN7O/c28-20-9-8-17-18(6-3-7-19(17)30-20)22-21-24(34-33-22)31-26(32-25(21)36)35-12-10-27(11-13-35)14-15-4-1-2-5-16(15)23(27)29/h1-2,4-6,8-9,23H,3,7,10-14,29H2,(H2,31,32,33,34,36)/t23-/m1/s1. The van der Waals surface area contributed by atoms with Crippen molar-refractivity contribution in [3.8, 4) is 0 Å². The van der Waals surface area contributed by atoms with Gasteiger partial charge in [-0.2, -0.15) is 10.1 Å².